The van der Waals surface area contributed by atoms with Gasteiger partial charge in [-0.3, -0.25) is 9.59 Å². The normalized spacial score (nSPS) is 36.0. The molecule has 1 heterocycles. The summed E-state index contributed by atoms with van der Waals surface area (Å²) >= 11 is 0. The molecule has 6 heteroatoms. The van der Waals surface area contributed by atoms with Gasteiger partial charge in [-0.15, -0.1) is 0 Å². The van der Waals surface area contributed by atoms with Crippen LogP contribution >= 0.6 is 0 Å². The molecular weight excluding hydrogens is 296 g/mol. The third-order valence-electron chi connectivity index (χ3n) is 6.13. The molecule has 2 amide bonds. The first-order chi connectivity index (χ1) is 11.0. The Morgan fingerprint density at radius 3 is 2.65 bits per heavy atom. The molecule has 3 aliphatic rings. The van der Waals surface area contributed by atoms with Crippen molar-refractivity contribution in [3.05, 3.63) is 0 Å². The minimum Gasteiger partial charge on any atom is -0.480 e. The zero-order valence-electron chi connectivity index (χ0n) is 13.7. The third kappa shape index (κ3) is 2.95. The highest BCUT2D eigenvalue weighted by Crippen LogP contribution is 2.54. The molecule has 128 valence electrons. The van der Waals surface area contributed by atoms with Crippen LogP contribution in [-0.4, -0.2) is 47.4 Å². The van der Waals surface area contributed by atoms with Gasteiger partial charge in [0.1, 0.15) is 6.04 Å². The lowest BCUT2D eigenvalue weighted by molar-refractivity contribution is -0.154. The molecule has 2 saturated carbocycles. The number of aliphatic carboxylic acids is 1. The maximum Gasteiger partial charge on any atom is 0.326 e. The number of amides is 2. The summed E-state index contributed by atoms with van der Waals surface area (Å²) in [6.07, 6.45) is 5.77. The molecule has 1 saturated heterocycles. The van der Waals surface area contributed by atoms with Gasteiger partial charge in [0.2, 0.25) is 11.8 Å². The van der Waals surface area contributed by atoms with Crippen molar-refractivity contribution in [2.75, 3.05) is 13.6 Å². The molecule has 2 N–H and O–H groups in total. The molecule has 5 atom stereocenters. The molecule has 0 aromatic carbocycles. The highest BCUT2D eigenvalue weighted by atomic mass is 16.4. The van der Waals surface area contributed by atoms with Crippen LogP contribution in [0.4, 0.5) is 0 Å². The Balaban J connectivity index is 1.72. The largest absolute Gasteiger partial charge is 0.480 e. The Bertz CT molecular complexity index is 507. The lowest BCUT2D eigenvalue weighted by Crippen LogP contribution is -2.51. The van der Waals surface area contributed by atoms with Crippen molar-refractivity contribution in [2.45, 2.75) is 51.0 Å². The number of likely N-dealkylation sites (tertiary alicyclic amines) is 1. The number of nitrogens with zero attached hydrogens (tertiary/aromatic N) is 1. The summed E-state index contributed by atoms with van der Waals surface area (Å²) < 4.78 is 0. The second-order valence-corrected chi connectivity index (χ2v) is 7.28. The number of piperidine rings is 1. The van der Waals surface area contributed by atoms with Gasteiger partial charge >= 0.3 is 5.97 Å². The van der Waals surface area contributed by atoms with Gasteiger partial charge in [0.15, 0.2) is 0 Å². The van der Waals surface area contributed by atoms with Crippen LogP contribution in [0.15, 0.2) is 0 Å². The van der Waals surface area contributed by atoms with Crippen LogP contribution in [0.5, 0.6) is 0 Å². The molecule has 0 spiro atoms. The summed E-state index contributed by atoms with van der Waals surface area (Å²) in [7, 11) is 1.64. The Morgan fingerprint density at radius 1 is 1.17 bits per heavy atom. The van der Waals surface area contributed by atoms with E-state index in [1.54, 1.807) is 11.9 Å². The molecule has 1 aliphatic heterocycles. The van der Waals surface area contributed by atoms with E-state index in [2.05, 4.69) is 5.32 Å². The van der Waals surface area contributed by atoms with Crippen molar-refractivity contribution in [1.82, 2.24) is 10.2 Å². The Morgan fingerprint density at radius 2 is 1.96 bits per heavy atom. The number of rotatable bonds is 4. The first kappa shape index (κ1) is 16.3. The van der Waals surface area contributed by atoms with Crippen molar-refractivity contribution in [1.29, 1.82) is 0 Å². The van der Waals surface area contributed by atoms with Crippen molar-refractivity contribution >= 4 is 17.8 Å². The maximum atomic E-state index is 13.0. The topological polar surface area (TPSA) is 86.7 Å². The second kappa shape index (κ2) is 6.49. The SMILES string of the molecule is CNC(=O)CC1CC2CCC1C2C(=O)N1CCCCC1C(=O)O. The Labute approximate surface area is 136 Å². The zero-order valence-corrected chi connectivity index (χ0v) is 13.7. The summed E-state index contributed by atoms with van der Waals surface area (Å²) in [5.74, 6) is -0.0236. The summed E-state index contributed by atoms with van der Waals surface area (Å²) in [5, 5.41) is 12.1. The van der Waals surface area contributed by atoms with Gasteiger partial charge in [-0.05, 0) is 56.3 Å². The van der Waals surface area contributed by atoms with E-state index in [1.165, 1.54) is 0 Å². The Hall–Kier alpha value is -1.59. The van der Waals surface area contributed by atoms with Crippen LogP contribution in [0.1, 0.15) is 44.9 Å². The fourth-order valence-corrected chi connectivity index (χ4v) is 5.08. The average Bonchev–Trinajstić information content (AvgIpc) is 3.11. The second-order valence-electron chi connectivity index (χ2n) is 7.28. The maximum absolute atomic E-state index is 13.0. The lowest BCUT2D eigenvalue weighted by Gasteiger charge is -2.36. The molecule has 23 heavy (non-hydrogen) atoms. The highest BCUT2D eigenvalue weighted by Gasteiger charge is 2.53. The van der Waals surface area contributed by atoms with Gasteiger partial charge in [-0.2, -0.15) is 0 Å². The third-order valence-corrected chi connectivity index (χ3v) is 6.13. The fourth-order valence-electron chi connectivity index (χ4n) is 5.08. The average molecular weight is 322 g/mol. The molecular formula is C17H26N2O4. The molecule has 2 aliphatic carbocycles. The van der Waals surface area contributed by atoms with E-state index >= 15 is 0 Å². The van der Waals surface area contributed by atoms with Crippen LogP contribution in [0.3, 0.4) is 0 Å². The molecule has 6 nitrogen and oxygen atoms in total. The van der Waals surface area contributed by atoms with E-state index in [1.807, 2.05) is 0 Å². The van der Waals surface area contributed by atoms with Gasteiger partial charge < -0.3 is 15.3 Å². The number of carboxylic acids is 1. The minimum absolute atomic E-state index is 0.0315. The summed E-state index contributed by atoms with van der Waals surface area (Å²) in [6, 6.07) is -0.659. The number of fused-ring (bicyclic) bond motifs is 2. The number of carbonyl (C=O) groups is 3. The van der Waals surface area contributed by atoms with Crippen LogP contribution in [0.25, 0.3) is 0 Å². The van der Waals surface area contributed by atoms with E-state index in [-0.39, 0.29) is 29.6 Å². The van der Waals surface area contributed by atoms with E-state index in [4.69, 9.17) is 0 Å². The van der Waals surface area contributed by atoms with Crippen LogP contribution in [-0.2, 0) is 14.4 Å². The molecule has 0 radical (unpaired) electrons. The molecule has 5 unspecified atom stereocenters. The van der Waals surface area contributed by atoms with E-state index < -0.39 is 12.0 Å². The molecule has 3 rings (SSSR count). The zero-order chi connectivity index (χ0) is 16.6. The monoisotopic (exact) mass is 322 g/mol. The molecule has 0 aromatic rings. The van der Waals surface area contributed by atoms with Crippen LogP contribution < -0.4 is 5.32 Å². The highest BCUT2D eigenvalue weighted by molar-refractivity contribution is 5.86. The van der Waals surface area contributed by atoms with Gasteiger partial charge in [-0.25, -0.2) is 4.79 Å². The predicted octanol–water partition coefficient (Wildman–Crippen LogP) is 1.25. The predicted molar refractivity (Wildman–Crippen MR) is 83.5 cm³/mol. The summed E-state index contributed by atoms with van der Waals surface area (Å²) in [6.45, 7) is 0.561. The van der Waals surface area contributed by atoms with Crippen molar-refractivity contribution in [2.24, 2.45) is 23.7 Å². The first-order valence-electron chi connectivity index (χ1n) is 8.76. The number of nitrogens with one attached hydrogen (secondary N) is 1. The van der Waals surface area contributed by atoms with E-state index in [9.17, 15) is 19.5 Å². The molecule has 2 bridgehead atoms. The summed E-state index contributed by atoms with van der Waals surface area (Å²) in [4.78, 5) is 37.8. The van der Waals surface area contributed by atoms with Crippen molar-refractivity contribution in [3.63, 3.8) is 0 Å². The van der Waals surface area contributed by atoms with E-state index in [0.717, 1.165) is 32.1 Å². The standard InChI is InChI=1S/C17H26N2O4/c1-18-14(20)9-11-8-10-5-6-12(11)15(10)16(21)19-7-3-2-4-13(19)17(22)23/h10-13,15H,2-9H2,1H3,(H,18,20)(H,22,23). The quantitative estimate of drug-likeness (QED) is 0.815. The number of carbonyl (C=O) groups excluding carboxylic acids is 2. The minimum atomic E-state index is -0.884. The lowest BCUT2D eigenvalue weighted by atomic mass is 9.85. The van der Waals surface area contributed by atoms with Gasteiger partial charge in [0.05, 0.1) is 0 Å². The first-order valence-corrected chi connectivity index (χ1v) is 8.76. The van der Waals surface area contributed by atoms with E-state index in [0.29, 0.717) is 25.3 Å². The smallest absolute Gasteiger partial charge is 0.326 e. The van der Waals surface area contributed by atoms with Crippen molar-refractivity contribution < 1.29 is 19.5 Å². The van der Waals surface area contributed by atoms with Crippen LogP contribution in [0.2, 0.25) is 0 Å². The van der Waals surface area contributed by atoms with Crippen molar-refractivity contribution in [3.8, 4) is 0 Å². The van der Waals surface area contributed by atoms with Gasteiger partial charge in [0, 0.05) is 25.9 Å². The van der Waals surface area contributed by atoms with Crippen LogP contribution in [0, 0.1) is 23.7 Å². The molecule has 0 aromatic heterocycles. The number of carboxylic acid groups (broad SMARTS) is 1. The van der Waals surface area contributed by atoms with Gasteiger partial charge in [0.25, 0.3) is 0 Å². The number of hydrogen-bond donors (Lipinski definition) is 2. The summed E-state index contributed by atoms with van der Waals surface area (Å²) in [5.41, 5.74) is 0. The molecule has 3 fully saturated rings. The van der Waals surface area contributed by atoms with Gasteiger partial charge in [-0.1, -0.05) is 0 Å². The number of hydrogen-bond acceptors (Lipinski definition) is 3. The fraction of sp³-hybridized carbons (Fsp3) is 0.824. The Kier molecular flexibility index (Phi) is 4.60.